The van der Waals surface area contributed by atoms with Gasteiger partial charge < -0.3 is 16.0 Å². The lowest BCUT2D eigenvalue weighted by molar-refractivity contribution is 0.102. The van der Waals surface area contributed by atoms with Crippen molar-refractivity contribution in [2.75, 3.05) is 10.6 Å². The summed E-state index contributed by atoms with van der Waals surface area (Å²) < 4.78 is 0. The van der Waals surface area contributed by atoms with E-state index in [0.717, 1.165) is 12.8 Å². The molecule has 1 aliphatic carbocycles. The number of carbonyl (C=O) groups excluding carboxylic acids is 2. The second-order valence-corrected chi connectivity index (χ2v) is 6.35. The van der Waals surface area contributed by atoms with Crippen molar-refractivity contribution < 1.29 is 9.59 Å². The highest BCUT2D eigenvalue weighted by molar-refractivity contribution is 6.42. The van der Waals surface area contributed by atoms with Crippen molar-refractivity contribution in [3.63, 3.8) is 0 Å². The number of nitrogens with one attached hydrogen (secondary N) is 3. The first-order chi connectivity index (χ1) is 11.5. The van der Waals surface area contributed by atoms with Crippen LogP contribution in [0.3, 0.4) is 0 Å². The van der Waals surface area contributed by atoms with E-state index in [4.69, 9.17) is 23.2 Å². The van der Waals surface area contributed by atoms with Gasteiger partial charge in [-0.25, -0.2) is 4.79 Å². The van der Waals surface area contributed by atoms with Gasteiger partial charge in [-0.15, -0.1) is 0 Å². The minimum absolute atomic E-state index is 0.231. The van der Waals surface area contributed by atoms with Crippen LogP contribution >= 0.6 is 23.2 Å². The zero-order chi connectivity index (χ0) is 17.1. The van der Waals surface area contributed by atoms with Crippen LogP contribution < -0.4 is 16.0 Å². The molecule has 0 aliphatic heterocycles. The summed E-state index contributed by atoms with van der Waals surface area (Å²) in [5.74, 6) is -0.276. The van der Waals surface area contributed by atoms with Gasteiger partial charge in [-0.1, -0.05) is 23.2 Å². The maximum atomic E-state index is 12.2. The first-order valence-corrected chi connectivity index (χ1v) is 8.21. The fourth-order valence-corrected chi connectivity index (χ4v) is 2.36. The summed E-state index contributed by atoms with van der Waals surface area (Å²) in [6.45, 7) is 0. The van der Waals surface area contributed by atoms with Gasteiger partial charge in [0.2, 0.25) is 0 Å². The molecule has 0 atom stereocenters. The molecule has 0 heterocycles. The average molecular weight is 364 g/mol. The summed E-state index contributed by atoms with van der Waals surface area (Å²) in [6.07, 6.45) is 2.06. The summed E-state index contributed by atoms with van der Waals surface area (Å²) in [6, 6.07) is 11.6. The van der Waals surface area contributed by atoms with Crippen LogP contribution in [0.4, 0.5) is 16.2 Å². The van der Waals surface area contributed by atoms with E-state index >= 15 is 0 Å². The van der Waals surface area contributed by atoms with Gasteiger partial charge >= 0.3 is 6.03 Å². The standard InChI is InChI=1S/C17H15Cl2N3O2/c18-14-8-7-13(9-15(14)19)20-16(23)10-1-3-11(4-2-10)21-17(24)22-12-5-6-12/h1-4,7-9,12H,5-6H2,(H,20,23)(H2,21,22,24). The third kappa shape index (κ3) is 4.40. The van der Waals surface area contributed by atoms with E-state index in [-0.39, 0.29) is 11.9 Å². The lowest BCUT2D eigenvalue weighted by Crippen LogP contribution is -2.30. The van der Waals surface area contributed by atoms with Crippen LogP contribution in [0, 0.1) is 0 Å². The molecule has 1 saturated carbocycles. The number of urea groups is 1. The molecule has 7 heteroatoms. The van der Waals surface area contributed by atoms with Crippen LogP contribution in [0.5, 0.6) is 0 Å². The summed E-state index contributed by atoms with van der Waals surface area (Å²) in [4.78, 5) is 23.9. The molecule has 5 nitrogen and oxygen atoms in total. The normalized spacial score (nSPS) is 13.2. The lowest BCUT2D eigenvalue weighted by Gasteiger charge is -2.09. The van der Waals surface area contributed by atoms with E-state index in [1.807, 2.05) is 0 Å². The Morgan fingerprint density at radius 3 is 2.17 bits per heavy atom. The Labute approximate surface area is 149 Å². The van der Waals surface area contributed by atoms with E-state index < -0.39 is 0 Å². The Morgan fingerprint density at radius 1 is 0.875 bits per heavy atom. The molecular formula is C17H15Cl2N3O2. The Balaban J connectivity index is 1.60. The number of halogens is 2. The maximum absolute atomic E-state index is 12.2. The van der Waals surface area contributed by atoms with Gasteiger partial charge in [-0.3, -0.25) is 4.79 Å². The molecular weight excluding hydrogens is 349 g/mol. The maximum Gasteiger partial charge on any atom is 0.319 e. The molecule has 0 aromatic heterocycles. The van der Waals surface area contributed by atoms with Crippen LogP contribution in [0.2, 0.25) is 10.0 Å². The van der Waals surface area contributed by atoms with Gasteiger partial charge in [0.15, 0.2) is 0 Å². The van der Waals surface area contributed by atoms with E-state index in [1.54, 1.807) is 42.5 Å². The van der Waals surface area contributed by atoms with Crippen molar-refractivity contribution in [1.29, 1.82) is 0 Å². The Kier molecular flexibility index (Phi) is 4.92. The molecule has 0 unspecified atom stereocenters. The van der Waals surface area contributed by atoms with Crippen molar-refractivity contribution in [2.45, 2.75) is 18.9 Å². The predicted molar refractivity (Wildman–Crippen MR) is 96.0 cm³/mol. The molecule has 1 fully saturated rings. The van der Waals surface area contributed by atoms with Gasteiger partial charge in [-0.2, -0.15) is 0 Å². The smallest absolute Gasteiger partial charge is 0.319 e. The topological polar surface area (TPSA) is 70.2 Å². The van der Waals surface area contributed by atoms with Gasteiger partial charge in [0, 0.05) is 23.0 Å². The quantitative estimate of drug-likeness (QED) is 0.746. The zero-order valence-corrected chi connectivity index (χ0v) is 14.1. The van der Waals surface area contributed by atoms with Gasteiger partial charge in [0.05, 0.1) is 10.0 Å². The molecule has 0 bridgehead atoms. The first kappa shape index (κ1) is 16.6. The van der Waals surface area contributed by atoms with Crippen LogP contribution in [0.25, 0.3) is 0 Å². The third-order valence-corrected chi connectivity index (χ3v) is 4.23. The Hall–Kier alpha value is -2.24. The zero-order valence-electron chi connectivity index (χ0n) is 12.6. The lowest BCUT2D eigenvalue weighted by atomic mass is 10.2. The van der Waals surface area contributed by atoms with Gasteiger partial charge in [0.1, 0.15) is 0 Å². The summed E-state index contributed by atoms with van der Waals surface area (Å²) in [5, 5.41) is 9.09. The fraction of sp³-hybridized carbons (Fsp3) is 0.176. The second-order valence-electron chi connectivity index (χ2n) is 5.53. The minimum atomic E-state index is -0.276. The number of carbonyl (C=O) groups is 2. The number of amides is 3. The number of benzene rings is 2. The van der Waals surface area contributed by atoms with Gasteiger partial charge in [0.25, 0.3) is 5.91 Å². The molecule has 2 aromatic carbocycles. The highest BCUT2D eigenvalue weighted by Crippen LogP contribution is 2.25. The minimum Gasteiger partial charge on any atom is -0.335 e. The van der Waals surface area contributed by atoms with Crippen molar-refractivity contribution in [1.82, 2.24) is 5.32 Å². The van der Waals surface area contributed by atoms with Crippen LogP contribution in [-0.4, -0.2) is 18.0 Å². The van der Waals surface area contributed by atoms with E-state index in [2.05, 4.69) is 16.0 Å². The number of anilines is 2. The van der Waals surface area contributed by atoms with Gasteiger partial charge in [-0.05, 0) is 55.3 Å². The van der Waals surface area contributed by atoms with Crippen molar-refractivity contribution >= 4 is 46.5 Å². The van der Waals surface area contributed by atoms with E-state index in [0.29, 0.717) is 33.0 Å². The predicted octanol–water partition coefficient (Wildman–Crippen LogP) is 4.53. The van der Waals surface area contributed by atoms with E-state index in [1.165, 1.54) is 0 Å². The molecule has 0 spiro atoms. The molecule has 0 radical (unpaired) electrons. The molecule has 24 heavy (non-hydrogen) atoms. The molecule has 3 rings (SSSR count). The summed E-state index contributed by atoms with van der Waals surface area (Å²) >= 11 is 11.8. The largest absolute Gasteiger partial charge is 0.335 e. The van der Waals surface area contributed by atoms with Crippen LogP contribution in [0.15, 0.2) is 42.5 Å². The van der Waals surface area contributed by atoms with Crippen molar-refractivity contribution in [3.05, 3.63) is 58.1 Å². The Bertz CT molecular complexity index is 774. The number of hydrogen-bond acceptors (Lipinski definition) is 2. The van der Waals surface area contributed by atoms with Crippen molar-refractivity contribution in [2.24, 2.45) is 0 Å². The molecule has 3 N–H and O–H groups in total. The van der Waals surface area contributed by atoms with Crippen LogP contribution in [-0.2, 0) is 0 Å². The molecule has 2 aromatic rings. The summed E-state index contributed by atoms with van der Waals surface area (Å²) in [5.41, 5.74) is 1.65. The third-order valence-electron chi connectivity index (χ3n) is 3.49. The highest BCUT2D eigenvalue weighted by atomic mass is 35.5. The molecule has 0 saturated heterocycles. The number of rotatable bonds is 4. The monoisotopic (exact) mass is 363 g/mol. The second kappa shape index (κ2) is 7.11. The summed E-state index contributed by atoms with van der Waals surface area (Å²) in [7, 11) is 0. The van der Waals surface area contributed by atoms with Crippen LogP contribution in [0.1, 0.15) is 23.2 Å². The molecule has 124 valence electrons. The average Bonchev–Trinajstić information content (AvgIpc) is 3.35. The Morgan fingerprint density at radius 2 is 1.54 bits per heavy atom. The fourth-order valence-electron chi connectivity index (χ4n) is 2.06. The molecule has 3 amide bonds. The highest BCUT2D eigenvalue weighted by Gasteiger charge is 2.23. The SMILES string of the molecule is O=C(Nc1ccc(C(=O)Nc2ccc(Cl)c(Cl)c2)cc1)NC1CC1. The first-order valence-electron chi connectivity index (χ1n) is 7.45. The molecule has 1 aliphatic rings. The number of hydrogen-bond donors (Lipinski definition) is 3. The van der Waals surface area contributed by atoms with Crippen molar-refractivity contribution in [3.8, 4) is 0 Å². The van der Waals surface area contributed by atoms with E-state index in [9.17, 15) is 9.59 Å².